The van der Waals surface area contributed by atoms with E-state index in [4.69, 9.17) is 0 Å². The summed E-state index contributed by atoms with van der Waals surface area (Å²) in [7, 11) is 0. The number of benzene rings is 4. The maximum Gasteiger partial charge on any atom is 0.104 e. The molecule has 2 heterocycles. The molecule has 0 aromatic heterocycles. The lowest BCUT2D eigenvalue weighted by Gasteiger charge is -2.34. The topological polar surface area (TPSA) is 27.3 Å². The van der Waals surface area contributed by atoms with Crippen molar-refractivity contribution in [2.45, 2.75) is 56.3 Å². The van der Waals surface area contributed by atoms with Crippen molar-refractivity contribution in [3.05, 3.63) is 179 Å². The Morgan fingerprint density at radius 3 is 2.39 bits per heavy atom. The Morgan fingerprint density at radius 1 is 0.761 bits per heavy atom. The van der Waals surface area contributed by atoms with Crippen molar-refractivity contribution < 1.29 is 0 Å². The van der Waals surface area contributed by atoms with Gasteiger partial charge in [-0.1, -0.05) is 123 Å². The van der Waals surface area contributed by atoms with Crippen LogP contribution in [0.2, 0.25) is 0 Å². The van der Waals surface area contributed by atoms with E-state index in [9.17, 15) is 0 Å². The molecule has 0 spiro atoms. The summed E-state index contributed by atoms with van der Waals surface area (Å²) in [6.45, 7) is 4.75. The number of anilines is 2. The van der Waals surface area contributed by atoms with E-state index in [1.165, 1.54) is 61.6 Å². The van der Waals surface area contributed by atoms with E-state index >= 15 is 0 Å². The van der Waals surface area contributed by atoms with Crippen molar-refractivity contribution >= 4 is 11.4 Å². The number of nitrogens with one attached hydrogen (secondary N) is 2. The van der Waals surface area contributed by atoms with Gasteiger partial charge in [0.2, 0.25) is 0 Å². The highest BCUT2D eigenvalue weighted by atomic mass is 15.2. The van der Waals surface area contributed by atoms with Gasteiger partial charge in [0, 0.05) is 28.4 Å². The summed E-state index contributed by atoms with van der Waals surface area (Å²) >= 11 is 0. The van der Waals surface area contributed by atoms with Crippen LogP contribution in [0.25, 0.3) is 11.1 Å². The van der Waals surface area contributed by atoms with Crippen molar-refractivity contribution in [3.63, 3.8) is 0 Å². The predicted octanol–water partition coefficient (Wildman–Crippen LogP) is 9.82. The maximum atomic E-state index is 3.88. The number of allylic oxidation sites excluding steroid dienone is 5. The minimum absolute atomic E-state index is 0.00539. The lowest BCUT2D eigenvalue weighted by Crippen LogP contribution is -2.40. The summed E-state index contributed by atoms with van der Waals surface area (Å²) in [5.41, 5.74) is 14.6. The van der Waals surface area contributed by atoms with Crippen molar-refractivity contribution in [2.24, 2.45) is 0 Å². The molecule has 4 atom stereocenters. The van der Waals surface area contributed by atoms with E-state index in [2.05, 4.69) is 169 Å². The van der Waals surface area contributed by atoms with Crippen molar-refractivity contribution in [1.82, 2.24) is 10.6 Å². The summed E-state index contributed by atoms with van der Waals surface area (Å²) in [5, 5.41) is 7.71. The number of fused-ring (bicyclic) bond motifs is 6. The normalized spacial score (nSPS) is 24.8. The number of rotatable bonds is 4. The van der Waals surface area contributed by atoms with Crippen molar-refractivity contribution in [2.75, 3.05) is 4.90 Å². The van der Waals surface area contributed by atoms with E-state index in [1.807, 2.05) is 0 Å². The molecule has 2 aliphatic heterocycles. The molecule has 0 fully saturated rings. The zero-order valence-electron chi connectivity index (χ0n) is 26.4. The van der Waals surface area contributed by atoms with Gasteiger partial charge in [-0.15, -0.1) is 0 Å². The van der Waals surface area contributed by atoms with Gasteiger partial charge in [0.15, 0.2) is 0 Å². The lowest BCUT2D eigenvalue weighted by molar-refractivity contribution is 0.420. The fourth-order valence-electron chi connectivity index (χ4n) is 8.32. The van der Waals surface area contributed by atoms with Crippen LogP contribution in [0.3, 0.4) is 0 Å². The molecular weight excluding hydrogens is 558 g/mol. The van der Waals surface area contributed by atoms with Crippen LogP contribution in [-0.4, -0.2) is 6.04 Å². The second-order valence-corrected chi connectivity index (χ2v) is 13.7. The average Bonchev–Trinajstić information content (AvgIpc) is 3.56. The highest BCUT2D eigenvalue weighted by molar-refractivity contribution is 5.87. The number of hydrogen-bond donors (Lipinski definition) is 2. The standard InChI is InChI=1S/C43H39N3/c1-43(2)36-19-11-9-17-32(36)34-25-35-33-18-10-12-20-40(33)46(41(35)26-37(34)43)31-23-21-30(22-24-31)42-44-38(28-13-5-3-6-14-28)27-39(45-42)29-15-7-4-8-16-29/h3,5-7,9-27,33,38,40,42,44-45H,4,8H2,1-2H3. The Morgan fingerprint density at radius 2 is 1.57 bits per heavy atom. The van der Waals surface area contributed by atoms with Crippen molar-refractivity contribution in [3.8, 4) is 11.1 Å². The fraction of sp³-hybridized carbons (Fsp3) is 0.209. The van der Waals surface area contributed by atoms with E-state index < -0.39 is 0 Å². The van der Waals surface area contributed by atoms with Crippen LogP contribution in [-0.2, 0) is 5.41 Å². The average molecular weight is 598 g/mol. The van der Waals surface area contributed by atoms with Crippen LogP contribution in [0.5, 0.6) is 0 Å². The minimum Gasteiger partial charge on any atom is -0.366 e. The van der Waals surface area contributed by atoms with Gasteiger partial charge >= 0.3 is 0 Å². The summed E-state index contributed by atoms with van der Waals surface area (Å²) in [5.74, 6) is 0.332. The van der Waals surface area contributed by atoms with Crippen LogP contribution in [0.1, 0.15) is 72.6 Å². The zero-order valence-corrected chi connectivity index (χ0v) is 26.4. The molecule has 3 aliphatic carbocycles. The first-order chi connectivity index (χ1) is 22.6. The van der Waals surface area contributed by atoms with Gasteiger partial charge in [-0.05, 0) is 87.7 Å². The van der Waals surface area contributed by atoms with E-state index in [1.54, 1.807) is 0 Å². The van der Waals surface area contributed by atoms with Crippen LogP contribution in [0, 0.1) is 0 Å². The molecule has 4 unspecified atom stereocenters. The monoisotopic (exact) mass is 597 g/mol. The second-order valence-electron chi connectivity index (χ2n) is 13.7. The third-order valence-corrected chi connectivity index (χ3v) is 10.7. The lowest BCUT2D eigenvalue weighted by atomic mass is 9.81. The molecule has 0 saturated heterocycles. The summed E-state index contributed by atoms with van der Waals surface area (Å²) in [4.78, 5) is 2.57. The maximum absolute atomic E-state index is 3.88. The highest BCUT2D eigenvalue weighted by Crippen LogP contribution is 2.55. The van der Waals surface area contributed by atoms with E-state index in [0.29, 0.717) is 5.92 Å². The predicted molar refractivity (Wildman–Crippen MR) is 190 cm³/mol. The van der Waals surface area contributed by atoms with Gasteiger partial charge in [0.05, 0.1) is 12.1 Å². The van der Waals surface area contributed by atoms with Gasteiger partial charge < -0.3 is 10.2 Å². The van der Waals surface area contributed by atoms with Gasteiger partial charge in [-0.25, -0.2) is 0 Å². The Kier molecular flexibility index (Phi) is 6.33. The summed E-state index contributed by atoms with van der Waals surface area (Å²) in [6, 6.07) is 34.4. The van der Waals surface area contributed by atoms with Crippen LogP contribution >= 0.6 is 0 Å². The first-order valence-corrected chi connectivity index (χ1v) is 16.8. The minimum atomic E-state index is -0.0300. The molecule has 4 aromatic carbocycles. The fourth-order valence-corrected chi connectivity index (χ4v) is 8.32. The largest absolute Gasteiger partial charge is 0.366 e. The smallest absolute Gasteiger partial charge is 0.104 e. The molecule has 3 heteroatoms. The zero-order chi connectivity index (χ0) is 30.8. The molecule has 0 saturated carbocycles. The van der Waals surface area contributed by atoms with Gasteiger partial charge in [-0.2, -0.15) is 0 Å². The molecule has 0 amide bonds. The Bertz CT molecular complexity index is 1990. The van der Waals surface area contributed by atoms with Crippen LogP contribution < -0.4 is 15.5 Å². The van der Waals surface area contributed by atoms with Crippen LogP contribution in [0.4, 0.5) is 11.4 Å². The quantitative estimate of drug-likeness (QED) is 0.245. The molecule has 0 bridgehead atoms. The molecule has 46 heavy (non-hydrogen) atoms. The second kappa shape index (κ2) is 10.6. The molecule has 226 valence electrons. The van der Waals surface area contributed by atoms with Gasteiger partial charge in [-0.3, -0.25) is 5.32 Å². The number of nitrogens with zero attached hydrogens (tertiary/aromatic N) is 1. The Labute approximate surface area is 272 Å². The molecule has 5 aliphatic rings. The molecule has 0 radical (unpaired) electrons. The SMILES string of the molecule is CC1(C)c2ccccc2-c2cc3c(cc21)N(c1ccc(C2NC(C4=CCCC=C4)=CC(c4ccccc4)N2)cc1)C1C=CC=CC31. The first kappa shape index (κ1) is 27.5. The van der Waals surface area contributed by atoms with Gasteiger partial charge in [0.1, 0.15) is 6.17 Å². The molecular formula is C43H39N3. The summed E-state index contributed by atoms with van der Waals surface area (Å²) < 4.78 is 0. The third-order valence-electron chi connectivity index (χ3n) is 10.7. The molecule has 4 aromatic rings. The van der Waals surface area contributed by atoms with E-state index in [0.717, 1.165) is 12.8 Å². The molecule has 9 rings (SSSR count). The highest BCUT2D eigenvalue weighted by Gasteiger charge is 2.42. The third kappa shape index (κ3) is 4.29. The summed E-state index contributed by atoms with van der Waals surface area (Å²) in [6.07, 6.45) is 20.6. The molecule has 2 N–H and O–H groups in total. The van der Waals surface area contributed by atoms with Crippen LogP contribution in [0.15, 0.2) is 151 Å². The first-order valence-electron chi connectivity index (χ1n) is 16.8. The van der Waals surface area contributed by atoms with E-state index in [-0.39, 0.29) is 23.7 Å². The molecule has 3 nitrogen and oxygen atoms in total. The number of hydrogen-bond acceptors (Lipinski definition) is 3. The van der Waals surface area contributed by atoms with Crippen molar-refractivity contribution in [1.29, 1.82) is 0 Å². The van der Waals surface area contributed by atoms with Gasteiger partial charge in [0.25, 0.3) is 0 Å². The Balaban J connectivity index is 1.08. The Hall–Kier alpha value is -4.86.